The van der Waals surface area contributed by atoms with E-state index in [1.54, 1.807) is 19.5 Å². The molecule has 2 aromatic rings. The van der Waals surface area contributed by atoms with Crippen molar-refractivity contribution in [2.75, 3.05) is 20.2 Å². The first-order valence-corrected chi connectivity index (χ1v) is 8.88. The summed E-state index contributed by atoms with van der Waals surface area (Å²) in [6.07, 6.45) is 7.14. The summed E-state index contributed by atoms with van der Waals surface area (Å²) in [5, 5.41) is 0. The molecule has 3 rings (SSSR count). The molecular weight excluding hydrogens is 314 g/mol. The normalized spacial score (nSPS) is 18.0. The molecule has 1 aromatic carbocycles. The number of piperidine rings is 1. The Bertz CT molecular complexity index is 673. The first kappa shape index (κ1) is 17.5. The highest BCUT2D eigenvalue weighted by molar-refractivity contribution is 5.81. The van der Waals surface area contributed by atoms with Gasteiger partial charge in [-0.1, -0.05) is 30.3 Å². The van der Waals surface area contributed by atoms with E-state index in [1.165, 1.54) is 5.56 Å². The number of Topliss-reactive ketones (excluding diaryl/α,β-unsaturated/α-hetero) is 1. The van der Waals surface area contributed by atoms with Gasteiger partial charge in [-0.2, -0.15) is 0 Å². The largest absolute Gasteiger partial charge is 0.467 e. The Hall–Kier alpha value is -2.27. The van der Waals surface area contributed by atoms with Gasteiger partial charge in [0, 0.05) is 43.4 Å². The SMILES string of the molecule is COc1ncc(CN2CCCC(C(=O)CCc3ccccc3)C2)cn1. The summed E-state index contributed by atoms with van der Waals surface area (Å²) in [5.74, 6) is 0.538. The number of likely N-dealkylation sites (tertiary alicyclic amines) is 1. The lowest BCUT2D eigenvalue weighted by Gasteiger charge is -2.31. The number of ketones is 1. The van der Waals surface area contributed by atoms with E-state index in [0.717, 1.165) is 44.5 Å². The van der Waals surface area contributed by atoms with Crippen molar-refractivity contribution in [3.63, 3.8) is 0 Å². The Morgan fingerprint density at radius 1 is 1.20 bits per heavy atom. The molecule has 0 aliphatic carbocycles. The quantitative estimate of drug-likeness (QED) is 0.776. The minimum Gasteiger partial charge on any atom is -0.467 e. The molecule has 5 heteroatoms. The van der Waals surface area contributed by atoms with Crippen LogP contribution in [-0.2, 0) is 17.8 Å². The molecule has 0 saturated carbocycles. The van der Waals surface area contributed by atoms with Gasteiger partial charge in [-0.05, 0) is 31.4 Å². The predicted molar refractivity (Wildman–Crippen MR) is 96.4 cm³/mol. The van der Waals surface area contributed by atoms with Crippen molar-refractivity contribution in [2.45, 2.75) is 32.2 Å². The van der Waals surface area contributed by atoms with Crippen molar-refractivity contribution in [3.05, 3.63) is 53.9 Å². The van der Waals surface area contributed by atoms with Crippen LogP contribution in [0.25, 0.3) is 0 Å². The van der Waals surface area contributed by atoms with E-state index >= 15 is 0 Å². The van der Waals surface area contributed by atoms with Crippen LogP contribution in [-0.4, -0.2) is 40.9 Å². The second kappa shape index (κ2) is 8.72. The number of methoxy groups -OCH3 is 1. The van der Waals surface area contributed by atoms with Crippen LogP contribution in [0.2, 0.25) is 0 Å². The van der Waals surface area contributed by atoms with Gasteiger partial charge in [-0.15, -0.1) is 0 Å². The third kappa shape index (κ3) is 5.10. The summed E-state index contributed by atoms with van der Waals surface area (Å²) < 4.78 is 4.99. The number of rotatable bonds is 7. The average Bonchev–Trinajstić information content (AvgIpc) is 2.68. The van der Waals surface area contributed by atoms with Gasteiger partial charge in [-0.25, -0.2) is 9.97 Å². The van der Waals surface area contributed by atoms with Crippen molar-refractivity contribution >= 4 is 5.78 Å². The first-order chi connectivity index (χ1) is 12.2. The fraction of sp³-hybridized carbons (Fsp3) is 0.450. The summed E-state index contributed by atoms with van der Waals surface area (Å²) in [6.45, 7) is 2.64. The number of hydrogen-bond donors (Lipinski definition) is 0. The molecule has 1 aliphatic heterocycles. The van der Waals surface area contributed by atoms with Crippen LogP contribution in [0.4, 0.5) is 0 Å². The zero-order valence-corrected chi connectivity index (χ0v) is 14.7. The Morgan fingerprint density at radius 3 is 2.68 bits per heavy atom. The van der Waals surface area contributed by atoms with Crippen molar-refractivity contribution in [2.24, 2.45) is 5.92 Å². The smallest absolute Gasteiger partial charge is 0.316 e. The third-order valence-electron chi connectivity index (χ3n) is 4.73. The van der Waals surface area contributed by atoms with E-state index in [-0.39, 0.29) is 5.92 Å². The molecule has 25 heavy (non-hydrogen) atoms. The summed E-state index contributed by atoms with van der Waals surface area (Å²) in [4.78, 5) is 23.2. The predicted octanol–water partition coefficient (Wildman–Crippen LogP) is 2.90. The van der Waals surface area contributed by atoms with Crippen LogP contribution < -0.4 is 4.74 Å². The highest BCUT2D eigenvalue weighted by Crippen LogP contribution is 2.21. The summed E-state index contributed by atoms with van der Waals surface area (Å²) in [6, 6.07) is 10.6. The van der Waals surface area contributed by atoms with Gasteiger partial charge in [0.25, 0.3) is 0 Å². The maximum atomic E-state index is 12.6. The lowest BCUT2D eigenvalue weighted by atomic mass is 9.90. The van der Waals surface area contributed by atoms with Gasteiger partial charge < -0.3 is 4.74 Å². The van der Waals surface area contributed by atoms with Gasteiger partial charge in [0.2, 0.25) is 0 Å². The van der Waals surface area contributed by atoms with Gasteiger partial charge in [0.05, 0.1) is 7.11 Å². The monoisotopic (exact) mass is 339 g/mol. The molecule has 1 saturated heterocycles. The molecule has 0 bridgehead atoms. The molecule has 1 aromatic heterocycles. The van der Waals surface area contributed by atoms with E-state index in [2.05, 4.69) is 27.0 Å². The Morgan fingerprint density at radius 2 is 1.96 bits per heavy atom. The Labute approximate surface area is 149 Å². The molecule has 2 heterocycles. The Balaban J connectivity index is 1.50. The number of aromatic nitrogens is 2. The molecule has 5 nitrogen and oxygen atoms in total. The number of nitrogens with zero attached hydrogens (tertiary/aromatic N) is 3. The number of hydrogen-bond acceptors (Lipinski definition) is 5. The second-order valence-electron chi connectivity index (χ2n) is 6.60. The van der Waals surface area contributed by atoms with E-state index in [9.17, 15) is 4.79 Å². The van der Waals surface area contributed by atoms with Crippen LogP contribution in [0.3, 0.4) is 0 Å². The molecule has 1 aliphatic rings. The van der Waals surface area contributed by atoms with Crippen molar-refractivity contribution < 1.29 is 9.53 Å². The van der Waals surface area contributed by atoms with Crippen molar-refractivity contribution in [3.8, 4) is 6.01 Å². The molecule has 1 fully saturated rings. The highest BCUT2D eigenvalue weighted by Gasteiger charge is 2.25. The van der Waals surface area contributed by atoms with E-state index in [1.807, 2.05) is 18.2 Å². The van der Waals surface area contributed by atoms with Crippen LogP contribution in [0.15, 0.2) is 42.7 Å². The van der Waals surface area contributed by atoms with E-state index in [0.29, 0.717) is 18.2 Å². The molecule has 132 valence electrons. The summed E-state index contributed by atoms with van der Waals surface area (Å²) in [7, 11) is 1.56. The lowest BCUT2D eigenvalue weighted by molar-refractivity contribution is -0.124. The maximum Gasteiger partial charge on any atom is 0.316 e. The van der Waals surface area contributed by atoms with Crippen LogP contribution in [0, 0.1) is 5.92 Å². The van der Waals surface area contributed by atoms with Gasteiger partial charge in [0.1, 0.15) is 5.78 Å². The first-order valence-electron chi connectivity index (χ1n) is 8.88. The molecule has 1 unspecified atom stereocenters. The topological polar surface area (TPSA) is 55.3 Å². The van der Waals surface area contributed by atoms with Gasteiger partial charge >= 0.3 is 6.01 Å². The third-order valence-corrected chi connectivity index (χ3v) is 4.73. The summed E-state index contributed by atoms with van der Waals surface area (Å²) >= 11 is 0. The fourth-order valence-electron chi connectivity index (χ4n) is 3.37. The number of carbonyl (C=O) groups excluding carboxylic acids is 1. The average molecular weight is 339 g/mol. The second-order valence-corrected chi connectivity index (χ2v) is 6.60. The number of benzene rings is 1. The van der Waals surface area contributed by atoms with Gasteiger partial charge in [-0.3, -0.25) is 9.69 Å². The molecule has 0 amide bonds. The molecule has 0 radical (unpaired) electrons. The lowest BCUT2D eigenvalue weighted by Crippen LogP contribution is -2.38. The number of ether oxygens (including phenoxy) is 1. The number of aryl methyl sites for hydroxylation is 1. The van der Waals surface area contributed by atoms with Crippen LogP contribution in [0.5, 0.6) is 6.01 Å². The standard InChI is InChI=1S/C20H25N3O2/c1-25-20-21-12-17(13-22-20)14-23-11-5-8-18(15-23)19(24)10-9-16-6-3-2-4-7-16/h2-4,6-7,12-13,18H,5,8-11,14-15H2,1H3. The fourth-order valence-corrected chi connectivity index (χ4v) is 3.37. The minimum atomic E-state index is 0.150. The van der Waals surface area contributed by atoms with Gasteiger partial charge in [0.15, 0.2) is 0 Å². The van der Waals surface area contributed by atoms with Crippen molar-refractivity contribution in [1.82, 2.24) is 14.9 Å². The maximum absolute atomic E-state index is 12.6. The van der Waals surface area contributed by atoms with Crippen LogP contribution >= 0.6 is 0 Å². The minimum absolute atomic E-state index is 0.150. The molecular formula is C20H25N3O2. The van der Waals surface area contributed by atoms with Crippen molar-refractivity contribution in [1.29, 1.82) is 0 Å². The molecule has 0 N–H and O–H groups in total. The Kier molecular flexibility index (Phi) is 6.12. The summed E-state index contributed by atoms with van der Waals surface area (Å²) in [5.41, 5.74) is 2.29. The zero-order valence-electron chi connectivity index (χ0n) is 14.7. The van der Waals surface area contributed by atoms with E-state index in [4.69, 9.17) is 4.74 Å². The zero-order chi connectivity index (χ0) is 17.5. The molecule has 1 atom stereocenters. The molecule has 0 spiro atoms. The highest BCUT2D eigenvalue weighted by atomic mass is 16.5. The van der Waals surface area contributed by atoms with E-state index < -0.39 is 0 Å². The number of carbonyl (C=O) groups is 1. The van der Waals surface area contributed by atoms with Crippen LogP contribution in [0.1, 0.15) is 30.4 Å².